The van der Waals surface area contributed by atoms with Gasteiger partial charge < -0.3 is 15.5 Å². The highest BCUT2D eigenvalue weighted by atomic mass is 19.1. The number of hydrogen-bond donors (Lipinski definition) is 1. The minimum Gasteiger partial charge on any atom is -0.358 e. The average Bonchev–Trinajstić information content (AvgIpc) is 3.45. The molecule has 1 amide bonds. The summed E-state index contributed by atoms with van der Waals surface area (Å²) < 4.78 is 13.3. The number of likely N-dealkylation sites (tertiary alicyclic amines) is 3. The van der Waals surface area contributed by atoms with Crippen LogP contribution in [0.25, 0.3) is 0 Å². The van der Waals surface area contributed by atoms with E-state index in [4.69, 9.17) is 5.73 Å². The van der Waals surface area contributed by atoms with Crippen LogP contribution in [0, 0.1) is 17.1 Å². The lowest BCUT2D eigenvalue weighted by atomic mass is 10.0. The van der Waals surface area contributed by atoms with E-state index in [1.54, 1.807) is 12.1 Å². The van der Waals surface area contributed by atoms with E-state index in [1.165, 1.54) is 12.1 Å². The molecule has 5 atom stereocenters. The van der Waals surface area contributed by atoms with Gasteiger partial charge in [-0.05, 0) is 43.4 Å². The second-order valence-corrected chi connectivity index (χ2v) is 8.66. The van der Waals surface area contributed by atoms with Gasteiger partial charge in [0.25, 0.3) is 0 Å². The summed E-state index contributed by atoms with van der Waals surface area (Å²) >= 11 is 0. The summed E-state index contributed by atoms with van der Waals surface area (Å²) in [6, 6.07) is 8.34. The second-order valence-electron chi connectivity index (χ2n) is 8.66. The fraction of sp³-hybridized carbons (Fsp3) is 0.565. The molecule has 0 spiro atoms. The van der Waals surface area contributed by atoms with E-state index in [1.807, 2.05) is 9.80 Å². The first-order valence-corrected chi connectivity index (χ1v) is 10.9. The van der Waals surface area contributed by atoms with Gasteiger partial charge in [0.1, 0.15) is 11.9 Å². The Kier molecular flexibility index (Phi) is 5.81. The monoisotopic (exact) mass is 411 g/mol. The standard InChI is InChI=1S/C23H30FN5O/c1-3-21(16-6-8-17(24)9-7-16)29-19-11-22(23(29)30)27(13-19)14-20(26)15(2)28-10-4-5-18(28)12-25/h6-9,18-22H,2-5,10-11,13-14,26H2,1H3/t18?,19-,20?,21?,22?/m0/s1. The molecular weight excluding hydrogens is 381 g/mol. The summed E-state index contributed by atoms with van der Waals surface area (Å²) in [6.45, 7) is 8.40. The molecule has 0 aromatic heterocycles. The molecular formula is C23H30FN5O. The summed E-state index contributed by atoms with van der Waals surface area (Å²) in [4.78, 5) is 19.4. The molecule has 2 N–H and O–H groups in total. The maximum atomic E-state index is 13.3. The zero-order chi connectivity index (χ0) is 21.4. The van der Waals surface area contributed by atoms with Gasteiger partial charge in [0.15, 0.2) is 0 Å². The Balaban J connectivity index is 1.41. The normalized spacial score (nSPS) is 28.1. The van der Waals surface area contributed by atoms with Crippen LogP contribution < -0.4 is 5.73 Å². The molecule has 0 aliphatic carbocycles. The number of hydrogen-bond acceptors (Lipinski definition) is 5. The molecule has 3 heterocycles. The van der Waals surface area contributed by atoms with Gasteiger partial charge in [-0.15, -0.1) is 0 Å². The van der Waals surface area contributed by atoms with Crippen LogP contribution >= 0.6 is 0 Å². The lowest BCUT2D eigenvalue weighted by Crippen LogP contribution is -2.54. The predicted molar refractivity (Wildman–Crippen MR) is 113 cm³/mol. The molecule has 1 aromatic rings. The third-order valence-corrected chi connectivity index (χ3v) is 6.92. The number of nitriles is 1. The Morgan fingerprint density at radius 3 is 2.77 bits per heavy atom. The molecule has 4 rings (SSSR count). The van der Waals surface area contributed by atoms with Crippen molar-refractivity contribution in [1.82, 2.24) is 14.7 Å². The van der Waals surface area contributed by atoms with Gasteiger partial charge in [-0.25, -0.2) is 4.39 Å². The molecule has 1 aromatic carbocycles. The van der Waals surface area contributed by atoms with Gasteiger partial charge in [-0.1, -0.05) is 25.6 Å². The van der Waals surface area contributed by atoms with Crippen molar-refractivity contribution in [2.75, 3.05) is 19.6 Å². The van der Waals surface area contributed by atoms with Crippen molar-refractivity contribution < 1.29 is 9.18 Å². The molecule has 6 nitrogen and oxygen atoms in total. The number of amides is 1. The number of halogens is 1. The van der Waals surface area contributed by atoms with Crippen LogP contribution in [-0.4, -0.2) is 64.4 Å². The van der Waals surface area contributed by atoms with Gasteiger partial charge in [-0.3, -0.25) is 9.69 Å². The molecule has 3 aliphatic heterocycles. The summed E-state index contributed by atoms with van der Waals surface area (Å²) in [5.74, 6) is -0.129. The van der Waals surface area contributed by atoms with Crippen molar-refractivity contribution in [2.24, 2.45) is 5.73 Å². The number of carbonyl (C=O) groups excluding carboxylic acids is 1. The highest BCUT2D eigenvalue weighted by Gasteiger charge is 2.51. The number of nitrogens with zero attached hydrogens (tertiary/aromatic N) is 4. The molecule has 2 bridgehead atoms. The van der Waals surface area contributed by atoms with Gasteiger partial charge in [-0.2, -0.15) is 5.26 Å². The highest BCUT2D eigenvalue weighted by molar-refractivity contribution is 5.86. The first-order chi connectivity index (χ1) is 14.4. The van der Waals surface area contributed by atoms with Crippen molar-refractivity contribution in [2.45, 2.75) is 62.8 Å². The van der Waals surface area contributed by atoms with Crippen LogP contribution in [0.2, 0.25) is 0 Å². The fourth-order valence-corrected chi connectivity index (χ4v) is 5.39. The molecule has 0 saturated carbocycles. The Morgan fingerprint density at radius 1 is 1.40 bits per heavy atom. The number of rotatable bonds is 7. The molecule has 3 aliphatic rings. The van der Waals surface area contributed by atoms with E-state index in [2.05, 4.69) is 24.5 Å². The van der Waals surface area contributed by atoms with Gasteiger partial charge in [0.2, 0.25) is 5.91 Å². The second kappa shape index (κ2) is 8.37. The van der Waals surface area contributed by atoms with Crippen LogP contribution in [0.4, 0.5) is 4.39 Å². The van der Waals surface area contributed by atoms with E-state index in [0.29, 0.717) is 6.54 Å². The van der Waals surface area contributed by atoms with E-state index >= 15 is 0 Å². The highest BCUT2D eigenvalue weighted by Crippen LogP contribution is 2.39. The van der Waals surface area contributed by atoms with Crippen molar-refractivity contribution in [3.63, 3.8) is 0 Å². The zero-order valence-electron chi connectivity index (χ0n) is 17.5. The molecule has 7 heteroatoms. The summed E-state index contributed by atoms with van der Waals surface area (Å²) in [5, 5.41) is 9.33. The molecule has 3 fully saturated rings. The smallest absolute Gasteiger partial charge is 0.240 e. The molecule has 3 saturated heterocycles. The topological polar surface area (TPSA) is 76.6 Å². The van der Waals surface area contributed by atoms with Gasteiger partial charge in [0.05, 0.1) is 24.2 Å². The van der Waals surface area contributed by atoms with Crippen molar-refractivity contribution in [3.05, 3.63) is 47.9 Å². The van der Waals surface area contributed by atoms with E-state index in [9.17, 15) is 14.4 Å². The van der Waals surface area contributed by atoms with Crippen LogP contribution in [0.1, 0.15) is 44.2 Å². The third kappa shape index (κ3) is 3.59. The lowest BCUT2D eigenvalue weighted by molar-refractivity contribution is -0.139. The van der Waals surface area contributed by atoms with Crippen molar-refractivity contribution >= 4 is 5.91 Å². The van der Waals surface area contributed by atoms with E-state index in [0.717, 1.165) is 50.0 Å². The zero-order valence-corrected chi connectivity index (χ0v) is 17.5. The minimum absolute atomic E-state index is 0.0279. The number of carbonyl (C=O) groups is 1. The molecule has 160 valence electrons. The van der Waals surface area contributed by atoms with E-state index < -0.39 is 0 Å². The molecule has 0 radical (unpaired) electrons. The first kappa shape index (κ1) is 20.8. The van der Waals surface area contributed by atoms with Crippen molar-refractivity contribution in [3.8, 4) is 6.07 Å². The molecule has 30 heavy (non-hydrogen) atoms. The Morgan fingerprint density at radius 2 is 2.13 bits per heavy atom. The average molecular weight is 412 g/mol. The van der Waals surface area contributed by atoms with Crippen molar-refractivity contribution in [1.29, 1.82) is 5.26 Å². The predicted octanol–water partition coefficient (Wildman–Crippen LogP) is 2.39. The first-order valence-electron chi connectivity index (χ1n) is 10.9. The quantitative estimate of drug-likeness (QED) is 0.746. The van der Waals surface area contributed by atoms with Crippen LogP contribution in [0.3, 0.4) is 0 Å². The van der Waals surface area contributed by atoms with Gasteiger partial charge in [0, 0.05) is 31.4 Å². The number of fused-ring (bicyclic) bond motifs is 2. The van der Waals surface area contributed by atoms with E-state index in [-0.39, 0.29) is 41.9 Å². The summed E-state index contributed by atoms with van der Waals surface area (Å²) in [6.07, 6.45) is 3.43. The number of nitrogens with two attached hydrogens (primary N) is 1. The Labute approximate surface area is 177 Å². The minimum atomic E-state index is -0.293. The maximum Gasteiger partial charge on any atom is 0.240 e. The summed E-state index contributed by atoms with van der Waals surface area (Å²) in [7, 11) is 0. The maximum absolute atomic E-state index is 13.3. The van der Waals surface area contributed by atoms with Crippen LogP contribution in [0.15, 0.2) is 36.5 Å². The Bertz CT molecular complexity index is 850. The Hall–Kier alpha value is -2.43. The summed E-state index contributed by atoms with van der Waals surface area (Å²) in [5.41, 5.74) is 8.22. The van der Waals surface area contributed by atoms with Crippen LogP contribution in [-0.2, 0) is 4.79 Å². The third-order valence-electron chi connectivity index (χ3n) is 6.92. The van der Waals surface area contributed by atoms with Crippen LogP contribution in [0.5, 0.6) is 0 Å². The lowest BCUT2D eigenvalue weighted by Gasteiger charge is -2.40. The largest absolute Gasteiger partial charge is 0.358 e. The molecule has 4 unspecified atom stereocenters. The fourth-order valence-electron chi connectivity index (χ4n) is 5.39. The van der Waals surface area contributed by atoms with Gasteiger partial charge >= 0.3 is 0 Å². The SMILES string of the molecule is C=C(C(N)CN1C[C@@H]2CC1C(=O)N2C(CC)c1ccc(F)cc1)N1CCCC1C#N. The number of benzene rings is 1. The number of piperazine rings is 1.